The Morgan fingerprint density at radius 2 is 1.94 bits per heavy atom. The number of ketones is 1. The molecule has 1 heterocycles. The third kappa shape index (κ3) is 3.18. The molecule has 0 radical (unpaired) electrons. The molecule has 0 fully saturated rings. The molecular weight excluding hydrogens is 266 g/mol. The van der Waals surface area contributed by atoms with Crippen LogP contribution in [0.25, 0.3) is 0 Å². The molecule has 4 heteroatoms. The summed E-state index contributed by atoms with van der Waals surface area (Å²) in [6.45, 7) is 3.88. The molecule has 0 saturated carbocycles. The summed E-state index contributed by atoms with van der Waals surface area (Å²) in [6.07, 6.45) is 0. The number of Topliss-reactive ketones (excluding diaryl/α,β-unsaturated/α-hetero) is 1. The number of H-pyrrole nitrogens is 1. The number of halogens is 1. The van der Waals surface area contributed by atoms with Gasteiger partial charge in [-0.3, -0.25) is 4.79 Å². The molecule has 0 spiro atoms. The van der Waals surface area contributed by atoms with Crippen LogP contribution in [-0.2, 0) is 0 Å². The van der Waals surface area contributed by atoms with E-state index in [4.69, 9.17) is 11.6 Å². The molecule has 18 heavy (non-hydrogen) atoms. The van der Waals surface area contributed by atoms with E-state index in [0.717, 1.165) is 21.8 Å². The predicted octanol–water partition coefficient (Wildman–Crippen LogP) is 4.26. The van der Waals surface area contributed by atoms with Crippen LogP contribution in [0.4, 0.5) is 0 Å². The summed E-state index contributed by atoms with van der Waals surface area (Å²) in [4.78, 5) is 16.3. The van der Waals surface area contributed by atoms with Crippen molar-refractivity contribution in [2.75, 3.05) is 5.75 Å². The minimum atomic E-state index is 0.150. The van der Waals surface area contributed by atoms with Crippen LogP contribution >= 0.6 is 23.4 Å². The third-order valence-electron chi connectivity index (χ3n) is 2.63. The minimum absolute atomic E-state index is 0.150. The molecule has 0 saturated heterocycles. The second kappa shape index (κ2) is 5.63. The molecule has 1 N–H and O–H groups in total. The molecule has 1 aromatic heterocycles. The van der Waals surface area contributed by atoms with Crippen molar-refractivity contribution in [1.82, 2.24) is 4.98 Å². The van der Waals surface area contributed by atoms with Gasteiger partial charge in [0, 0.05) is 26.9 Å². The second-order valence-corrected chi connectivity index (χ2v) is 5.64. The Kier molecular flexibility index (Phi) is 4.15. The van der Waals surface area contributed by atoms with Gasteiger partial charge in [0.25, 0.3) is 0 Å². The highest BCUT2D eigenvalue weighted by molar-refractivity contribution is 8.00. The van der Waals surface area contributed by atoms with Gasteiger partial charge in [0.05, 0.1) is 5.75 Å². The fourth-order valence-electron chi connectivity index (χ4n) is 1.77. The van der Waals surface area contributed by atoms with Crippen LogP contribution in [0.2, 0.25) is 5.02 Å². The van der Waals surface area contributed by atoms with E-state index >= 15 is 0 Å². The van der Waals surface area contributed by atoms with Crippen LogP contribution in [0.5, 0.6) is 0 Å². The maximum Gasteiger partial charge on any atom is 0.174 e. The fraction of sp³-hybridized carbons (Fsp3) is 0.214. The number of benzene rings is 1. The Hall–Kier alpha value is -1.19. The highest BCUT2D eigenvalue weighted by Gasteiger charge is 2.11. The normalized spacial score (nSPS) is 10.6. The van der Waals surface area contributed by atoms with Gasteiger partial charge >= 0.3 is 0 Å². The Bertz CT molecular complexity index is 560. The van der Waals surface area contributed by atoms with Gasteiger partial charge in [-0.15, -0.1) is 11.8 Å². The molecule has 1 aromatic carbocycles. The molecule has 0 aliphatic rings. The number of hydrogen-bond donors (Lipinski definition) is 1. The van der Waals surface area contributed by atoms with E-state index in [9.17, 15) is 4.79 Å². The molecule has 2 nitrogen and oxygen atoms in total. The van der Waals surface area contributed by atoms with E-state index in [-0.39, 0.29) is 5.78 Å². The zero-order valence-corrected chi connectivity index (χ0v) is 11.9. The summed E-state index contributed by atoms with van der Waals surface area (Å²) in [5.74, 6) is 0.594. The molecule has 2 rings (SSSR count). The van der Waals surface area contributed by atoms with Crippen molar-refractivity contribution in [1.29, 1.82) is 0 Å². The molecular formula is C14H14ClNOS. The van der Waals surface area contributed by atoms with Crippen molar-refractivity contribution in [2.24, 2.45) is 0 Å². The van der Waals surface area contributed by atoms with E-state index < -0.39 is 0 Å². The topological polar surface area (TPSA) is 32.9 Å². The molecule has 0 bridgehead atoms. The summed E-state index contributed by atoms with van der Waals surface area (Å²) in [7, 11) is 0. The lowest BCUT2D eigenvalue weighted by Gasteiger charge is -2.01. The first-order chi connectivity index (χ1) is 8.56. The highest BCUT2D eigenvalue weighted by atomic mass is 35.5. The Labute approximate surface area is 116 Å². The molecule has 0 aliphatic heterocycles. The molecule has 0 atom stereocenters. The SMILES string of the molecule is Cc1cc(C(=O)CSc2ccc(Cl)cc2)c(C)[nH]1. The zero-order valence-electron chi connectivity index (χ0n) is 10.3. The molecule has 94 valence electrons. The predicted molar refractivity (Wildman–Crippen MR) is 76.8 cm³/mol. The number of aromatic amines is 1. The summed E-state index contributed by atoms with van der Waals surface area (Å²) in [6, 6.07) is 9.42. The van der Waals surface area contributed by atoms with Crippen LogP contribution in [0, 0.1) is 13.8 Å². The summed E-state index contributed by atoms with van der Waals surface area (Å²) < 4.78 is 0. The number of aromatic nitrogens is 1. The van der Waals surface area contributed by atoms with Crippen LogP contribution in [0.3, 0.4) is 0 Å². The quantitative estimate of drug-likeness (QED) is 0.670. The van der Waals surface area contributed by atoms with Gasteiger partial charge in [-0.1, -0.05) is 11.6 Å². The zero-order chi connectivity index (χ0) is 13.1. The largest absolute Gasteiger partial charge is 0.362 e. The van der Waals surface area contributed by atoms with E-state index in [1.165, 1.54) is 11.8 Å². The Morgan fingerprint density at radius 3 is 2.50 bits per heavy atom. The number of carbonyl (C=O) groups is 1. The Balaban J connectivity index is 2.00. The standard InChI is InChI=1S/C14H14ClNOS/c1-9-7-13(10(2)16-9)14(17)8-18-12-5-3-11(15)4-6-12/h3-7,16H,8H2,1-2H3. The first-order valence-electron chi connectivity index (χ1n) is 5.64. The number of thioether (sulfide) groups is 1. The van der Waals surface area contributed by atoms with Gasteiger partial charge in [0.1, 0.15) is 0 Å². The van der Waals surface area contributed by atoms with E-state index in [2.05, 4.69) is 4.98 Å². The highest BCUT2D eigenvalue weighted by Crippen LogP contribution is 2.22. The van der Waals surface area contributed by atoms with Gasteiger partial charge in [-0.05, 0) is 44.2 Å². The average Bonchev–Trinajstić information content (AvgIpc) is 2.67. The van der Waals surface area contributed by atoms with E-state index in [0.29, 0.717) is 10.8 Å². The van der Waals surface area contributed by atoms with E-state index in [1.54, 1.807) is 0 Å². The molecule has 2 aromatic rings. The first kappa shape index (κ1) is 13.2. The van der Waals surface area contributed by atoms with Gasteiger partial charge in [-0.2, -0.15) is 0 Å². The van der Waals surface area contributed by atoms with Crippen LogP contribution < -0.4 is 0 Å². The van der Waals surface area contributed by atoms with Crippen LogP contribution in [-0.4, -0.2) is 16.5 Å². The number of carbonyl (C=O) groups excluding carboxylic acids is 1. The number of rotatable bonds is 4. The summed E-state index contributed by atoms with van der Waals surface area (Å²) in [5, 5.41) is 0.711. The first-order valence-corrected chi connectivity index (χ1v) is 7.00. The number of nitrogens with one attached hydrogen (secondary N) is 1. The maximum atomic E-state index is 12.1. The van der Waals surface area contributed by atoms with Crippen molar-refractivity contribution in [3.63, 3.8) is 0 Å². The van der Waals surface area contributed by atoms with Crippen LogP contribution in [0.15, 0.2) is 35.2 Å². The lowest BCUT2D eigenvalue weighted by molar-refractivity contribution is 0.102. The van der Waals surface area contributed by atoms with Crippen molar-refractivity contribution in [3.8, 4) is 0 Å². The van der Waals surface area contributed by atoms with Crippen molar-refractivity contribution in [3.05, 3.63) is 52.3 Å². The second-order valence-electron chi connectivity index (χ2n) is 4.16. The lowest BCUT2D eigenvalue weighted by atomic mass is 10.2. The van der Waals surface area contributed by atoms with Crippen molar-refractivity contribution < 1.29 is 4.79 Å². The number of hydrogen-bond acceptors (Lipinski definition) is 2. The molecule has 0 unspecified atom stereocenters. The number of aryl methyl sites for hydroxylation is 2. The van der Waals surface area contributed by atoms with Gasteiger partial charge < -0.3 is 4.98 Å². The summed E-state index contributed by atoms with van der Waals surface area (Å²) in [5.41, 5.74) is 2.75. The van der Waals surface area contributed by atoms with Gasteiger partial charge in [0.15, 0.2) is 5.78 Å². The smallest absolute Gasteiger partial charge is 0.174 e. The Morgan fingerprint density at radius 1 is 1.28 bits per heavy atom. The van der Waals surface area contributed by atoms with Crippen molar-refractivity contribution in [2.45, 2.75) is 18.7 Å². The summed E-state index contributed by atoms with van der Waals surface area (Å²) >= 11 is 7.34. The van der Waals surface area contributed by atoms with Crippen LogP contribution in [0.1, 0.15) is 21.7 Å². The van der Waals surface area contributed by atoms with Crippen molar-refractivity contribution >= 4 is 29.1 Å². The van der Waals surface area contributed by atoms with Gasteiger partial charge in [0.2, 0.25) is 0 Å². The maximum absolute atomic E-state index is 12.1. The molecule has 0 amide bonds. The minimum Gasteiger partial charge on any atom is -0.362 e. The van der Waals surface area contributed by atoms with E-state index in [1.807, 2.05) is 44.2 Å². The van der Waals surface area contributed by atoms with Gasteiger partial charge in [-0.25, -0.2) is 0 Å². The third-order valence-corrected chi connectivity index (χ3v) is 3.90. The lowest BCUT2D eigenvalue weighted by Crippen LogP contribution is -2.02. The average molecular weight is 280 g/mol. The fourth-order valence-corrected chi connectivity index (χ4v) is 2.68. The monoisotopic (exact) mass is 279 g/mol. The molecule has 0 aliphatic carbocycles.